The normalized spacial score (nSPS) is 17.7. The van der Waals surface area contributed by atoms with Crippen molar-refractivity contribution in [1.29, 1.82) is 0 Å². The van der Waals surface area contributed by atoms with Gasteiger partial charge in [0.1, 0.15) is 5.75 Å². The Bertz CT molecular complexity index is 405. The molecule has 2 nitrogen and oxygen atoms in total. The molecule has 2 rings (SSSR count). The summed E-state index contributed by atoms with van der Waals surface area (Å²) in [6.45, 7) is 3.78. The molecule has 0 spiro atoms. The maximum absolute atomic E-state index is 12.3. The predicted octanol–water partition coefficient (Wildman–Crippen LogP) is 4.36. The van der Waals surface area contributed by atoms with Crippen LogP contribution in [0.3, 0.4) is 0 Å². The van der Waals surface area contributed by atoms with E-state index in [2.05, 4.69) is 6.58 Å². The van der Waals surface area contributed by atoms with E-state index < -0.39 is 0 Å². The van der Waals surface area contributed by atoms with Crippen LogP contribution in [0.5, 0.6) is 5.75 Å². The summed E-state index contributed by atoms with van der Waals surface area (Å²) in [5, 5.41) is 0. The Labute approximate surface area is 115 Å². The van der Waals surface area contributed by atoms with Gasteiger partial charge in [0.15, 0.2) is 0 Å². The van der Waals surface area contributed by atoms with Gasteiger partial charge in [-0.15, -0.1) is 6.58 Å². The molecule has 2 heteroatoms. The largest absolute Gasteiger partial charge is 0.426 e. The average Bonchev–Trinajstić information content (AvgIpc) is 2.46. The highest BCUT2D eigenvalue weighted by molar-refractivity contribution is 5.75. The van der Waals surface area contributed by atoms with Gasteiger partial charge in [0.2, 0.25) is 0 Å². The number of allylic oxidation sites excluding steroid dienone is 1. The smallest absolute Gasteiger partial charge is 0.314 e. The summed E-state index contributed by atoms with van der Waals surface area (Å²) in [7, 11) is 0. The van der Waals surface area contributed by atoms with Gasteiger partial charge in [-0.2, -0.15) is 0 Å². The predicted molar refractivity (Wildman–Crippen MR) is 77.0 cm³/mol. The molecular weight excluding hydrogens is 236 g/mol. The fraction of sp³-hybridized carbons (Fsp3) is 0.471. The van der Waals surface area contributed by atoms with Crippen molar-refractivity contribution in [2.45, 2.75) is 38.5 Å². The van der Waals surface area contributed by atoms with E-state index in [0.29, 0.717) is 11.7 Å². The number of benzene rings is 1. The molecule has 0 saturated heterocycles. The van der Waals surface area contributed by atoms with Crippen LogP contribution in [-0.4, -0.2) is 5.97 Å². The molecule has 1 saturated carbocycles. The molecular formula is C17H22O2. The monoisotopic (exact) mass is 258 g/mol. The zero-order chi connectivity index (χ0) is 13.5. The van der Waals surface area contributed by atoms with E-state index in [9.17, 15) is 4.79 Å². The molecule has 1 aromatic carbocycles. The minimum atomic E-state index is -0.0991. The second kappa shape index (κ2) is 7.13. The van der Waals surface area contributed by atoms with Crippen LogP contribution in [0.1, 0.15) is 38.5 Å². The van der Waals surface area contributed by atoms with Crippen LogP contribution >= 0.6 is 0 Å². The molecule has 0 aliphatic heterocycles. The number of ether oxygens (including phenoxy) is 1. The third-order valence-corrected chi connectivity index (χ3v) is 3.90. The fourth-order valence-corrected chi connectivity index (χ4v) is 2.88. The van der Waals surface area contributed by atoms with Gasteiger partial charge in [-0.3, -0.25) is 4.79 Å². The van der Waals surface area contributed by atoms with Crippen molar-refractivity contribution < 1.29 is 9.53 Å². The fourth-order valence-electron chi connectivity index (χ4n) is 2.88. The van der Waals surface area contributed by atoms with Gasteiger partial charge in [-0.1, -0.05) is 43.5 Å². The highest BCUT2D eigenvalue weighted by atomic mass is 16.5. The molecule has 1 fully saturated rings. The second-order valence-corrected chi connectivity index (χ2v) is 5.26. The van der Waals surface area contributed by atoms with Crippen LogP contribution in [-0.2, 0) is 4.79 Å². The van der Waals surface area contributed by atoms with Crippen LogP contribution in [0.2, 0.25) is 0 Å². The summed E-state index contributed by atoms with van der Waals surface area (Å²) >= 11 is 0. The van der Waals surface area contributed by atoms with Crippen LogP contribution in [0.15, 0.2) is 43.0 Å². The third kappa shape index (κ3) is 3.95. The first kappa shape index (κ1) is 13.9. The van der Waals surface area contributed by atoms with E-state index >= 15 is 0 Å². The Morgan fingerprint density at radius 1 is 1.26 bits per heavy atom. The van der Waals surface area contributed by atoms with Crippen molar-refractivity contribution >= 4 is 5.97 Å². The molecule has 19 heavy (non-hydrogen) atoms. The van der Waals surface area contributed by atoms with E-state index in [0.717, 1.165) is 19.3 Å². The molecule has 0 aromatic heterocycles. The van der Waals surface area contributed by atoms with Crippen molar-refractivity contribution in [2.75, 3.05) is 0 Å². The number of hydrogen-bond donors (Lipinski definition) is 0. The van der Waals surface area contributed by atoms with Crippen molar-refractivity contribution in [3.05, 3.63) is 43.0 Å². The Morgan fingerprint density at radius 3 is 2.58 bits per heavy atom. The van der Waals surface area contributed by atoms with Gasteiger partial charge in [-0.25, -0.2) is 0 Å². The zero-order valence-corrected chi connectivity index (χ0v) is 11.4. The standard InChI is InChI=1S/C17H22O2/c1-2-9-16(14-10-5-3-6-11-14)17(18)19-15-12-7-4-8-13-15/h2,4,7-8,12-14,16H,1,3,5-6,9-11H2. The van der Waals surface area contributed by atoms with Crippen molar-refractivity contribution in [2.24, 2.45) is 11.8 Å². The summed E-state index contributed by atoms with van der Waals surface area (Å²) in [6, 6.07) is 9.32. The first-order valence-corrected chi connectivity index (χ1v) is 7.19. The van der Waals surface area contributed by atoms with E-state index in [1.807, 2.05) is 36.4 Å². The molecule has 1 atom stereocenters. The zero-order valence-electron chi connectivity index (χ0n) is 11.4. The number of para-hydroxylation sites is 1. The minimum absolute atomic E-state index is 0.0296. The lowest BCUT2D eigenvalue weighted by Crippen LogP contribution is -2.29. The highest BCUT2D eigenvalue weighted by Crippen LogP contribution is 2.33. The number of hydrogen-bond acceptors (Lipinski definition) is 2. The molecule has 0 radical (unpaired) electrons. The lowest BCUT2D eigenvalue weighted by atomic mass is 9.78. The lowest BCUT2D eigenvalue weighted by molar-refractivity contribution is -0.141. The van der Waals surface area contributed by atoms with Gasteiger partial charge >= 0.3 is 5.97 Å². The van der Waals surface area contributed by atoms with E-state index in [4.69, 9.17) is 4.74 Å². The molecule has 0 heterocycles. The molecule has 0 amide bonds. The van der Waals surface area contributed by atoms with Crippen LogP contribution in [0, 0.1) is 11.8 Å². The molecule has 1 aliphatic rings. The topological polar surface area (TPSA) is 26.3 Å². The maximum atomic E-state index is 12.3. The quantitative estimate of drug-likeness (QED) is 0.445. The number of rotatable bonds is 5. The minimum Gasteiger partial charge on any atom is -0.426 e. The SMILES string of the molecule is C=CCC(C(=O)Oc1ccccc1)C1CCCCC1. The summed E-state index contributed by atoms with van der Waals surface area (Å²) < 4.78 is 5.50. The molecule has 0 bridgehead atoms. The maximum Gasteiger partial charge on any atom is 0.314 e. The van der Waals surface area contributed by atoms with Crippen molar-refractivity contribution in [3.8, 4) is 5.75 Å². The Hall–Kier alpha value is -1.57. The molecule has 0 N–H and O–H groups in total. The van der Waals surface area contributed by atoms with Gasteiger partial charge in [0, 0.05) is 0 Å². The summed E-state index contributed by atoms with van der Waals surface area (Å²) in [5.41, 5.74) is 0. The summed E-state index contributed by atoms with van der Waals surface area (Å²) in [4.78, 5) is 12.3. The molecule has 1 unspecified atom stereocenters. The first-order valence-electron chi connectivity index (χ1n) is 7.19. The summed E-state index contributed by atoms with van der Waals surface area (Å²) in [6.07, 6.45) is 8.60. The number of carbonyl (C=O) groups excluding carboxylic acids is 1. The van der Waals surface area contributed by atoms with Gasteiger partial charge < -0.3 is 4.74 Å². The number of esters is 1. The van der Waals surface area contributed by atoms with Crippen LogP contribution in [0.4, 0.5) is 0 Å². The molecule has 1 aromatic rings. The third-order valence-electron chi connectivity index (χ3n) is 3.90. The molecule has 102 valence electrons. The van der Waals surface area contributed by atoms with Crippen molar-refractivity contribution in [3.63, 3.8) is 0 Å². The van der Waals surface area contributed by atoms with E-state index in [1.54, 1.807) is 0 Å². The summed E-state index contributed by atoms with van der Waals surface area (Å²) in [5.74, 6) is 0.969. The Kier molecular flexibility index (Phi) is 5.20. The van der Waals surface area contributed by atoms with Gasteiger partial charge in [-0.05, 0) is 37.3 Å². The highest BCUT2D eigenvalue weighted by Gasteiger charge is 2.29. The van der Waals surface area contributed by atoms with Gasteiger partial charge in [0.25, 0.3) is 0 Å². The Morgan fingerprint density at radius 2 is 1.95 bits per heavy atom. The molecule has 1 aliphatic carbocycles. The lowest BCUT2D eigenvalue weighted by Gasteiger charge is -2.28. The van der Waals surface area contributed by atoms with Crippen LogP contribution in [0.25, 0.3) is 0 Å². The number of carbonyl (C=O) groups is 1. The first-order chi connectivity index (χ1) is 9.31. The van der Waals surface area contributed by atoms with Gasteiger partial charge in [0.05, 0.1) is 5.92 Å². The van der Waals surface area contributed by atoms with E-state index in [-0.39, 0.29) is 11.9 Å². The average molecular weight is 258 g/mol. The van der Waals surface area contributed by atoms with Crippen molar-refractivity contribution in [1.82, 2.24) is 0 Å². The van der Waals surface area contributed by atoms with Crippen LogP contribution < -0.4 is 4.74 Å². The second-order valence-electron chi connectivity index (χ2n) is 5.26. The Balaban J connectivity index is 2.01. The van der Waals surface area contributed by atoms with E-state index in [1.165, 1.54) is 19.3 Å².